The fourth-order valence-corrected chi connectivity index (χ4v) is 6.52. The monoisotopic (exact) mass is 628 g/mol. The minimum absolute atomic E-state index is 0.0146. The highest BCUT2D eigenvalue weighted by Crippen LogP contribution is 2.48. The lowest BCUT2D eigenvalue weighted by Gasteiger charge is -2.51. The molecule has 7 N–H and O–H groups in total. The van der Waals surface area contributed by atoms with Crippen LogP contribution in [0.15, 0.2) is 40.6 Å². The maximum Gasteiger partial charge on any atom is 0.353 e. The van der Waals surface area contributed by atoms with E-state index in [9.17, 15) is 39.6 Å². The minimum Gasteiger partial charge on any atom is -0.504 e. The van der Waals surface area contributed by atoms with Crippen LogP contribution >= 0.6 is 23.1 Å². The van der Waals surface area contributed by atoms with Gasteiger partial charge in [0.2, 0.25) is 5.60 Å². The lowest BCUT2D eigenvalue weighted by molar-refractivity contribution is -0.161. The predicted octanol–water partition coefficient (Wildman–Crippen LogP) is 1.55. The van der Waals surface area contributed by atoms with Crippen molar-refractivity contribution in [2.75, 3.05) is 5.73 Å². The Morgan fingerprint density at radius 3 is 2.51 bits per heavy atom. The van der Waals surface area contributed by atoms with Gasteiger partial charge in [-0.2, -0.15) is 0 Å². The number of carbonyl (C=O) groups excluding carboxylic acids is 2. The molecule has 2 aliphatic heterocycles. The van der Waals surface area contributed by atoms with Gasteiger partial charge in [-0.15, -0.1) is 23.1 Å². The third-order valence-corrected chi connectivity index (χ3v) is 8.83. The van der Waals surface area contributed by atoms with Crippen LogP contribution in [-0.2, 0) is 24.0 Å². The van der Waals surface area contributed by atoms with Gasteiger partial charge in [0.05, 0.1) is 5.69 Å². The highest BCUT2D eigenvalue weighted by atomic mass is 32.2. The molecular formula is C26H24N6O9S2. The number of thiazole rings is 1. The van der Waals surface area contributed by atoms with E-state index < -0.39 is 57.5 Å². The first kappa shape index (κ1) is 29.6. The summed E-state index contributed by atoms with van der Waals surface area (Å²) in [7, 11) is 0. The summed E-state index contributed by atoms with van der Waals surface area (Å²) in [4.78, 5) is 65.3. The summed E-state index contributed by atoms with van der Waals surface area (Å²) in [5.74, 6) is -5.18. The van der Waals surface area contributed by atoms with Crippen molar-refractivity contribution in [2.24, 2.45) is 5.16 Å². The van der Waals surface area contributed by atoms with E-state index in [2.05, 4.69) is 20.4 Å². The van der Waals surface area contributed by atoms with Crippen molar-refractivity contribution in [3.8, 4) is 11.5 Å². The number of rotatable bonds is 8. The fraction of sp³-hybridized carbons (Fsp3) is 0.269. The Labute approximate surface area is 250 Å². The number of aromatic hydroxyl groups is 2. The maximum atomic E-state index is 13.4. The van der Waals surface area contributed by atoms with E-state index in [0.29, 0.717) is 10.8 Å². The molecule has 43 heavy (non-hydrogen) atoms. The Hall–Kier alpha value is -4.90. The van der Waals surface area contributed by atoms with E-state index in [-0.39, 0.29) is 33.5 Å². The van der Waals surface area contributed by atoms with Crippen molar-refractivity contribution in [3.63, 3.8) is 0 Å². The molecule has 3 atom stereocenters. The summed E-state index contributed by atoms with van der Waals surface area (Å²) in [6.45, 7) is 4.17. The smallest absolute Gasteiger partial charge is 0.353 e. The van der Waals surface area contributed by atoms with Gasteiger partial charge in [-0.3, -0.25) is 19.5 Å². The molecule has 0 bridgehead atoms. The van der Waals surface area contributed by atoms with Gasteiger partial charge in [0.25, 0.3) is 11.8 Å². The van der Waals surface area contributed by atoms with Crippen molar-refractivity contribution in [1.82, 2.24) is 20.2 Å². The number of nitrogens with zero attached hydrogens (tertiary/aromatic N) is 4. The summed E-state index contributed by atoms with van der Waals surface area (Å²) < 4.78 is 0. The number of carboxylic acid groups (broad SMARTS) is 2. The maximum absolute atomic E-state index is 13.4. The molecule has 2 aliphatic rings. The van der Waals surface area contributed by atoms with Crippen LogP contribution in [0.25, 0.3) is 16.3 Å². The highest BCUT2D eigenvalue weighted by Gasteiger charge is 2.56. The Kier molecular flexibility index (Phi) is 7.39. The van der Waals surface area contributed by atoms with Gasteiger partial charge < -0.3 is 36.3 Å². The number of phenolic OH excluding ortho intramolecular Hbond substituents is 2. The first-order chi connectivity index (χ1) is 20.2. The molecule has 0 spiro atoms. The molecule has 17 heteroatoms. The third kappa shape index (κ3) is 5.16. The average Bonchev–Trinajstić information content (AvgIpc) is 3.37. The number of fused-ring (bicyclic) bond motifs is 2. The largest absolute Gasteiger partial charge is 0.504 e. The third-order valence-electron chi connectivity index (χ3n) is 6.75. The number of pyridine rings is 1. The Morgan fingerprint density at radius 2 is 1.88 bits per heavy atom. The first-order valence-corrected chi connectivity index (χ1v) is 14.3. The molecule has 1 fully saturated rings. The molecule has 0 saturated carbocycles. The number of carboxylic acids is 2. The van der Waals surface area contributed by atoms with Crippen molar-refractivity contribution >= 4 is 74.0 Å². The SMILES string of the molecule is CC1S[C@@H]2C(NC(=O)/C(=N\OC(C)(C)C(=O)O)c3csc(N)n3)C(=O)N2C(C(=O)O)=C1c1nccc2cc(O)c(O)cc12. The number of hydrogen-bond donors (Lipinski definition) is 6. The van der Waals surface area contributed by atoms with Crippen LogP contribution in [0.5, 0.6) is 11.5 Å². The number of carbonyl (C=O) groups is 4. The van der Waals surface area contributed by atoms with E-state index in [4.69, 9.17) is 10.6 Å². The Bertz CT molecular complexity index is 1770. The van der Waals surface area contributed by atoms with Crippen molar-refractivity contribution in [3.05, 3.63) is 46.9 Å². The van der Waals surface area contributed by atoms with Gasteiger partial charge in [-0.25, -0.2) is 14.6 Å². The van der Waals surface area contributed by atoms with Gasteiger partial charge in [0, 0.05) is 27.8 Å². The van der Waals surface area contributed by atoms with E-state index >= 15 is 0 Å². The number of aromatic nitrogens is 2. The molecular weight excluding hydrogens is 604 g/mol. The predicted molar refractivity (Wildman–Crippen MR) is 155 cm³/mol. The molecule has 2 unspecified atom stereocenters. The van der Waals surface area contributed by atoms with Gasteiger partial charge >= 0.3 is 11.9 Å². The summed E-state index contributed by atoms with van der Waals surface area (Å²) in [6, 6.07) is 2.99. The number of β-lactam (4-membered cyclic amide) rings is 1. The second-order valence-corrected chi connectivity index (χ2v) is 12.4. The molecule has 224 valence electrons. The van der Waals surface area contributed by atoms with E-state index in [1.165, 1.54) is 49.3 Å². The number of amides is 2. The van der Waals surface area contributed by atoms with Crippen LogP contribution in [0.3, 0.4) is 0 Å². The summed E-state index contributed by atoms with van der Waals surface area (Å²) in [6.07, 6.45) is 1.42. The number of benzene rings is 1. The van der Waals surface area contributed by atoms with Crippen LogP contribution in [0, 0.1) is 0 Å². The van der Waals surface area contributed by atoms with Crippen molar-refractivity contribution in [1.29, 1.82) is 0 Å². The number of thioether (sulfide) groups is 1. The van der Waals surface area contributed by atoms with E-state index in [0.717, 1.165) is 16.2 Å². The van der Waals surface area contributed by atoms with E-state index in [1.807, 2.05) is 0 Å². The second-order valence-electron chi connectivity index (χ2n) is 10.0. The van der Waals surface area contributed by atoms with Gasteiger partial charge in [0.1, 0.15) is 22.8 Å². The lowest BCUT2D eigenvalue weighted by Crippen LogP contribution is -2.71. The highest BCUT2D eigenvalue weighted by molar-refractivity contribution is 8.01. The van der Waals surface area contributed by atoms with Crippen LogP contribution < -0.4 is 11.1 Å². The Morgan fingerprint density at radius 1 is 1.19 bits per heavy atom. The number of hydrogen-bond acceptors (Lipinski definition) is 13. The van der Waals surface area contributed by atoms with Crippen molar-refractivity contribution < 1.29 is 44.4 Å². The molecule has 2 aromatic heterocycles. The second kappa shape index (κ2) is 10.7. The Balaban J connectivity index is 1.49. The van der Waals surface area contributed by atoms with Crippen LogP contribution in [0.4, 0.5) is 5.13 Å². The van der Waals surface area contributed by atoms with Crippen LogP contribution in [-0.4, -0.2) is 87.0 Å². The first-order valence-electron chi connectivity index (χ1n) is 12.5. The molecule has 1 aromatic carbocycles. The molecule has 3 aromatic rings. The number of nitrogens with two attached hydrogens (primary N) is 1. The molecule has 0 radical (unpaired) electrons. The zero-order chi connectivity index (χ0) is 31.4. The van der Waals surface area contributed by atoms with Gasteiger partial charge in [-0.05, 0) is 44.4 Å². The van der Waals surface area contributed by atoms with Gasteiger partial charge in [0.15, 0.2) is 22.3 Å². The molecule has 4 heterocycles. The normalized spacial score (nSPS) is 20.4. The van der Waals surface area contributed by atoms with Crippen LogP contribution in [0.1, 0.15) is 32.2 Å². The van der Waals surface area contributed by atoms with Crippen LogP contribution in [0.2, 0.25) is 0 Å². The minimum atomic E-state index is -1.80. The standard InChI is InChI=1S/C26H24N6O9S2/c1-9-15(16-11-7-14(34)13(33)6-10(11)4-5-28-16)19(23(37)38)32-21(36)18(22(32)43-9)30-20(35)17(12-8-42-25(27)29-12)31-41-26(2,3)24(39)40/h4-9,18,22,33-34H,1-3H3,(H2,27,29)(H,30,35)(H,37,38)(H,39,40)/b31-17-/t9?,18?,22-/m1/s1. The molecule has 0 aliphatic carbocycles. The summed E-state index contributed by atoms with van der Waals surface area (Å²) in [5, 5.41) is 46.8. The number of oxime groups is 1. The topological polar surface area (TPSA) is 238 Å². The molecule has 5 rings (SSSR count). The van der Waals surface area contributed by atoms with Gasteiger partial charge in [-0.1, -0.05) is 5.16 Å². The zero-order valence-electron chi connectivity index (χ0n) is 22.6. The number of anilines is 1. The van der Waals surface area contributed by atoms with Crippen molar-refractivity contribution in [2.45, 2.75) is 43.0 Å². The quantitative estimate of drug-likeness (QED) is 0.0899. The summed E-state index contributed by atoms with van der Waals surface area (Å²) >= 11 is 2.20. The lowest BCUT2D eigenvalue weighted by atomic mass is 9.95. The molecule has 2 amide bonds. The summed E-state index contributed by atoms with van der Waals surface area (Å²) in [5.41, 5.74) is 3.53. The molecule has 15 nitrogen and oxygen atoms in total. The average molecular weight is 629 g/mol. The number of nitrogens with one attached hydrogen (secondary N) is 1. The number of phenols is 2. The number of aliphatic carboxylic acids is 2. The van der Waals surface area contributed by atoms with E-state index in [1.54, 1.807) is 13.0 Å². The number of nitrogen functional groups attached to an aromatic ring is 1. The molecule has 1 saturated heterocycles. The zero-order valence-corrected chi connectivity index (χ0v) is 24.3. The fourth-order valence-electron chi connectivity index (χ4n) is 4.52.